The van der Waals surface area contributed by atoms with Crippen LogP contribution < -0.4 is 149 Å². The predicted octanol–water partition coefficient (Wildman–Crippen LogP) is -9.73. The Bertz CT molecular complexity index is 2880. The fourth-order valence-electron chi connectivity index (χ4n) is 5.30. The molecule has 67 heavy (non-hydrogen) atoms. The zero-order chi connectivity index (χ0) is 46.9. The minimum absolute atomic E-state index is 0. The number of benzene rings is 4. The van der Waals surface area contributed by atoms with Crippen molar-refractivity contribution in [3.05, 3.63) is 42.0 Å². The molecule has 0 aromatic heterocycles. The molecule has 0 bridgehead atoms. The van der Waals surface area contributed by atoms with Crippen molar-refractivity contribution in [1.29, 1.82) is 0 Å². The number of hydrogen-bond acceptors (Lipinski definition) is 29. The van der Waals surface area contributed by atoms with Crippen molar-refractivity contribution in [2.24, 2.45) is 20.5 Å². The zero-order valence-electron chi connectivity index (χ0n) is 36.1. The van der Waals surface area contributed by atoms with Gasteiger partial charge in [-0.05, 0) is 36.1 Å². The van der Waals surface area contributed by atoms with Gasteiger partial charge in [0.05, 0.1) is 83.9 Å². The van der Waals surface area contributed by atoms with E-state index in [2.05, 4.69) is 43.4 Å². The average Bonchev–Trinajstić information content (AvgIpc) is 3.20. The maximum atomic E-state index is 13.0. The van der Waals surface area contributed by atoms with Crippen LogP contribution >= 0.6 is 24.4 Å². The van der Waals surface area contributed by atoms with Crippen LogP contribution in [-0.2, 0) is 67.3 Å². The van der Waals surface area contributed by atoms with Gasteiger partial charge in [-0.15, -0.1) is 24.8 Å². The predicted molar refractivity (Wildman–Crippen MR) is 207 cm³/mol. The second-order valence-corrected chi connectivity index (χ2v) is 19.5. The number of methoxy groups -OCH3 is 3. The van der Waals surface area contributed by atoms with Crippen molar-refractivity contribution < 1.29 is 218 Å². The van der Waals surface area contributed by atoms with E-state index in [-0.39, 0.29) is 186 Å². The van der Waals surface area contributed by atoms with E-state index in [1.165, 1.54) is 20.1 Å². The Morgan fingerprint density at radius 1 is 0.657 bits per heavy atom. The molecule has 4 aromatic rings. The normalized spacial score (nSPS) is 12.0. The fraction of sp³-hybridized carbons (Fsp3) is 0.267. The first-order chi connectivity index (χ1) is 29.5. The Morgan fingerprint density at radius 2 is 1.18 bits per heavy atom. The van der Waals surface area contributed by atoms with Crippen molar-refractivity contribution in [3.63, 3.8) is 0 Å². The first kappa shape index (κ1) is 66.4. The fourth-order valence-corrected chi connectivity index (χ4v) is 9.78. The van der Waals surface area contributed by atoms with E-state index in [1.54, 1.807) is 0 Å². The Kier molecular flexibility index (Phi) is 29.0. The topological polar surface area (TPSA) is 408 Å². The van der Waals surface area contributed by atoms with Crippen LogP contribution in [0.15, 0.2) is 76.4 Å². The number of phenolic OH excluding ortho intramolecular Hbond substituents is 1. The number of hydrogen-bond donors (Lipinski definition) is 2. The van der Waals surface area contributed by atoms with Gasteiger partial charge in [-0.25, -0.2) is 33.7 Å². The molecule has 0 spiro atoms. The molecule has 27 nitrogen and oxygen atoms in total. The molecule has 0 aliphatic carbocycles. The Hall–Kier alpha value is -0.560. The molecule has 0 saturated heterocycles. The van der Waals surface area contributed by atoms with Gasteiger partial charge in [-0.3, -0.25) is 18.4 Å². The molecule has 0 fully saturated rings. The summed E-state index contributed by atoms with van der Waals surface area (Å²) in [6.45, 7) is -0.0579. The van der Waals surface area contributed by atoms with Crippen molar-refractivity contribution >= 4 is 104 Å². The van der Waals surface area contributed by atoms with Crippen molar-refractivity contribution in [2.45, 2.75) is 26.5 Å². The third kappa shape index (κ3) is 17.9. The molecule has 4 aromatic carbocycles. The molecule has 4 rings (SSSR count). The Labute approximate surface area is 479 Å². The summed E-state index contributed by atoms with van der Waals surface area (Å²) in [4.78, 5) is -2.17. The molecule has 37 heteroatoms. The van der Waals surface area contributed by atoms with Gasteiger partial charge in [-0.1, -0.05) is 0 Å². The van der Waals surface area contributed by atoms with Crippen LogP contribution in [0.4, 0.5) is 28.4 Å². The number of rotatable bonds is 23. The second-order valence-electron chi connectivity index (χ2n) is 11.7. The standard InChI is InChI=1S/C30H33N5O22S6.4Na/c1-15-9-17(19(49-2)13-23(15)60(39,40)7-5-52-59-57-55-38)32-34-28-22(58-56-54-37)10-16-11-25(62(43,44)45)29(27(31)26(16)30(28)36)35-33-18-12-21(51-4)24(14-20(18)50-3)61(41,42)8-6-53-63(46,47)48;;;;/h9-14,36-38H,5-8,31H2,1-4H3,(H,43,44,45)(H,46,47,48);;;;/q;4*+1/p-4. The van der Waals surface area contributed by atoms with Crippen molar-refractivity contribution in [3.8, 4) is 23.0 Å². The summed E-state index contributed by atoms with van der Waals surface area (Å²) in [5.74, 6) is -3.38. The van der Waals surface area contributed by atoms with Gasteiger partial charge in [0.2, 0.25) is 10.4 Å². The number of nitrogen functional groups attached to an aromatic ring is 1. The molecule has 0 heterocycles. The number of fused-ring (bicyclic) bond motifs is 1. The third-order valence-electron chi connectivity index (χ3n) is 7.98. The number of anilines is 1. The van der Waals surface area contributed by atoms with E-state index < -0.39 is 109 Å². The van der Waals surface area contributed by atoms with Gasteiger partial charge in [0.1, 0.15) is 55.0 Å². The summed E-state index contributed by atoms with van der Waals surface area (Å²) in [5, 5.41) is 53.9. The Balaban J connectivity index is 0.0000109. The molecule has 0 aliphatic heterocycles. The SMILES string of the molecule is COc1cc(S(=O)(=O)CCOS(=O)(=O)[O-])c(OC)cc1N=Nc1c(S(=O)(=O)[O-])cc2cc(SOO[O-])c(N=Nc3cc(C)c(S(=O)(=O)CCOSOO[O-])cc3OC)c(O)c2c1N.[Na+].[Na+].[Na+].[Na+]. The summed E-state index contributed by atoms with van der Waals surface area (Å²) < 4.78 is 155. The number of phenols is 1. The molecular weight excluding hydrogens is 1070 g/mol. The van der Waals surface area contributed by atoms with Gasteiger partial charge >= 0.3 is 118 Å². The number of azo groups is 2. The van der Waals surface area contributed by atoms with Crippen LogP contribution in [0.2, 0.25) is 0 Å². The van der Waals surface area contributed by atoms with Gasteiger partial charge in [0.15, 0.2) is 37.7 Å². The van der Waals surface area contributed by atoms with Gasteiger partial charge in [0.25, 0.3) is 0 Å². The average molecular weight is 1100 g/mol. The number of sulfone groups is 2. The van der Waals surface area contributed by atoms with E-state index in [0.717, 1.165) is 44.6 Å². The van der Waals surface area contributed by atoms with Crippen LogP contribution in [-0.4, -0.2) is 93.9 Å². The molecular formula is C30H29N5Na4O22S6. The number of aryl methyl sites for hydroxylation is 1. The maximum Gasteiger partial charge on any atom is 1.00 e. The van der Waals surface area contributed by atoms with Crippen LogP contribution in [0.5, 0.6) is 23.0 Å². The molecule has 3 N–H and O–H groups in total. The van der Waals surface area contributed by atoms with Crippen LogP contribution in [0.3, 0.4) is 0 Å². The monoisotopic (exact) mass is 1090 g/mol. The minimum atomic E-state index is -5.48. The second kappa shape index (κ2) is 29.2. The van der Waals surface area contributed by atoms with E-state index in [1.807, 2.05) is 0 Å². The van der Waals surface area contributed by atoms with E-state index >= 15 is 0 Å². The smallest absolute Gasteiger partial charge is 0.744 e. The molecule has 0 radical (unpaired) electrons. The molecule has 346 valence electrons. The number of nitrogens with zero attached hydrogens (tertiary/aromatic N) is 4. The number of nitrogens with two attached hydrogens (primary N) is 1. The van der Waals surface area contributed by atoms with E-state index in [4.69, 9.17) is 24.1 Å². The van der Waals surface area contributed by atoms with Gasteiger partial charge in [0, 0.05) is 18.2 Å². The first-order valence-electron chi connectivity index (χ1n) is 16.3. The van der Waals surface area contributed by atoms with Crippen LogP contribution in [0.1, 0.15) is 5.56 Å². The van der Waals surface area contributed by atoms with Crippen molar-refractivity contribution in [2.75, 3.05) is 51.8 Å². The molecule has 0 atom stereocenters. The van der Waals surface area contributed by atoms with E-state index in [9.17, 15) is 58.4 Å². The summed E-state index contributed by atoms with van der Waals surface area (Å²) >= 11 is 0.269. The minimum Gasteiger partial charge on any atom is -0.744 e. The molecule has 0 saturated carbocycles. The first-order valence-corrected chi connectivity index (χ1v) is 23.8. The summed E-state index contributed by atoms with van der Waals surface area (Å²) in [6, 6.07) is 6.01. The van der Waals surface area contributed by atoms with Gasteiger partial charge in [-0.2, -0.15) is 4.33 Å². The largest absolute Gasteiger partial charge is 1.00 e. The van der Waals surface area contributed by atoms with E-state index in [0.29, 0.717) is 0 Å². The molecule has 0 aliphatic rings. The summed E-state index contributed by atoms with van der Waals surface area (Å²) in [5.41, 5.74) is 3.95. The molecule has 0 unspecified atom stereocenters. The number of ether oxygens (including phenoxy) is 3. The summed E-state index contributed by atoms with van der Waals surface area (Å²) in [7, 11) is -15.9. The zero-order valence-corrected chi connectivity index (χ0v) is 49.0. The maximum absolute atomic E-state index is 13.0. The van der Waals surface area contributed by atoms with Crippen LogP contribution in [0, 0.1) is 6.92 Å². The summed E-state index contributed by atoms with van der Waals surface area (Å²) in [6.07, 6.45) is 0. The van der Waals surface area contributed by atoms with Crippen molar-refractivity contribution in [1.82, 2.24) is 0 Å². The quantitative estimate of drug-likeness (QED) is 0.00801. The number of aromatic hydroxyl groups is 1. The van der Waals surface area contributed by atoms with Gasteiger partial charge < -0.3 is 44.7 Å². The van der Waals surface area contributed by atoms with Crippen LogP contribution in [0.25, 0.3) is 10.8 Å². The molecule has 0 amide bonds. The Morgan fingerprint density at radius 3 is 1.72 bits per heavy atom. The third-order valence-corrected chi connectivity index (χ3v) is 13.8.